The molecule has 0 aliphatic carbocycles. The highest BCUT2D eigenvalue weighted by molar-refractivity contribution is 7.15. The molecule has 2 aromatic rings. The smallest absolute Gasteiger partial charge is 0.257 e. The van der Waals surface area contributed by atoms with Crippen molar-refractivity contribution in [2.75, 3.05) is 17.2 Å². The molecule has 0 spiro atoms. The molecule has 7 heteroatoms. The van der Waals surface area contributed by atoms with Crippen LogP contribution < -0.4 is 10.6 Å². The van der Waals surface area contributed by atoms with Crippen LogP contribution in [0.1, 0.15) is 29.2 Å². The van der Waals surface area contributed by atoms with Crippen LogP contribution >= 0.6 is 11.3 Å². The van der Waals surface area contributed by atoms with Gasteiger partial charge in [0.1, 0.15) is 10.8 Å². The second kappa shape index (κ2) is 6.24. The van der Waals surface area contributed by atoms with Gasteiger partial charge in [-0.15, -0.1) is 10.2 Å². The van der Waals surface area contributed by atoms with Gasteiger partial charge < -0.3 is 5.32 Å². The molecule has 0 atom stereocenters. The third kappa shape index (κ3) is 3.47. The van der Waals surface area contributed by atoms with Crippen molar-refractivity contribution in [3.8, 4) is 0 Å². The van der Waals surface area contributed by atoms with E-state index in [1.54, 1.807) is 18.3 Å². The monoisotopic (exact) mass is 277 g/mol. The highest BCUT2D eigenvalue weighted by Gasteiger charge is 2.10. The summed E-state index contributed by atoms with van der Waals surface area (Å²) >= 11 is 1.38. The van der Waals surface area contributed by atoms with Crippen molar-refractivity contribution in [1.82, 2.24) is 15.2 Å². The van der Waals surface area contributed by atoms with E-state index < -0.39 is 0 Å². The zero-order chi connectivity index (χ0) is 13.7. The average Bonchev–Trinajstić information content (AvgIpc) is 2.87. The Morgan fingerprint density at radius 3 is 2.89 bits per heavy atom. The van der Waals surface area contributed by atoms with Gasteiger partial charge in [0, 0.05) is 18.3 Å². The summed E-state index contributed by atoms with van der Waals surface area (Å²) in [5.74, 6) is 0.474. The first-order valence-electron chi connectivity index (χ1n) is 6.06. The van der Waals surface area contributed by atoms with E-state index in [0.29, 0.717) is 16.5 Å². The molecule has 2 N–H and O–H groups in total. The molecule has 0 aliphatic rings. The number of rotatable bonds is 5. The maximum absolute atomic E-state index is 12.0. The third-order valence-electron chi connectivity index (χ3n) is 2.37. The Morgan fingerprint density at radius 2 is 2.21 bits per heavy atom. The van der Waals surface area contributed by atoms with Crippen LogP contribution in [0.2, 0.25) is 0 Å². The molecule has 0 unspecified atom stereocenters. The molecule has 0 fully saturated rings. The maximum Gasteiger partial charge on any atom is 0.257 e. The van der Waals surface area contributed by atoms with Gasteiger partial charge in [-0.3, -0.25) is 10.1 Å². The molecule has 0 saturated carbocycles. The molecule has 0 saturated heterocycles. The number of aromatic nitrogens is 3. The van der Waals surface area contributed by atoms with Crippen LogP contribution in [0.5, 0.6) is 0 Å². The Morgan fingerprint density at radius 1 is 1.37 bits per heavy atom. The summed E-state index contributed by atoms with van der Waals surface area (Å²) in [6, 6.07) is 3.37. The minimum absolute atomic E-state index is 0.208. The predicted molar refractivity (Wildman–Crippen MR) is 75.6 cm³/mol. The van der Waals surface area contributed by atoms with Gasteiger partial charge >= 0.3 is 0 Å². The minimum atomic E-state index is -0.208. The predicted octanol–water partition coefficient (Wildman–Crippen LogP) is 2.18. The highest BCUT2D eigenvalue weighted by atomic mass is 32.1. The summed E-state index contributed by atoms with van der Waals surface area (Å²) in [5, 5.41) is 15.1. The number of amides is 1. The number of nitrogens with one attached hydrogen (secondary N) is 2. The molecule has 2 rings (SSSR count). The first-order chi connectivity index (χ1) is 9.22. The normalized spacial score (nSPS) is 10.2. The van der Waals surface area contributed by atoms with E-state index in [9.17, 15) is 4.79 Å². The summed E-state index contributed by atoms with van der Waals surface area (Å²) in [6.45, 7) is 4.73. The number of pyridine rings is 1. The minimum Gasteiger partial charge on any atom is -0.370 e. The lowest BCUT2D eigenvalue weighted by atomic mass is 10.2. The molecule has 100 valence electrons. The van der Waals surface area contributed by atoms with Crippen molar-refractivity contribution in [3.05, 3.63) is 28.9 Å². The summed E-state index contributed by atoms with van der Waals surface area (Å²) in [6.07, 6.45) is 2.41. The number of anilines is 2. The number of carbonyl (C=O) groups is 1. The lowest BCUT2D eigenvalue weighted by Gasteiger charge is -2.04. The van der Waals surface area contributed by atoms with Crippen molar-refractivity contribution in [2.24, 2.45) is 0 Å². The highest BCUT2D eigenvalue weighted by Crippen LogP contribution is 2.17. The molecular weight excluding hydrogens is 262 g/mol. The van der Waals surface area contributed by atoms with Crippen molar-refractivity contribution >= 4 is 28.2 Å². The lowest BCUT2D eigenvalue weighted by Crippen LogP contribution is -2.12. The fourth-order valence-corrected chi connectivity index (χ4v) is 2.14. The Hall–Kier alpha value is -2.02. The van der Waals surface area contributed by atoms with E-state index in [1.807, 2.05) is 13.8 Å². The van der Waals surface area contributed by atoms with Gasteiger partial charge in [0.15, 0.2) is 0 Å². The van der Waals surface area contributed by atoms with Crippen molar-refractivity contribution in [3.63, 3.8) is 0 Å². The second-order valence-electron chi connectivity index (χ2n) is 3.77. The molecule has 0 aromatic carbocycles. The topological polar surface area (TPSA) is 79.8 Å². The third-order valence-corrected chi connectivity index (χ3v) is 3.35. The van der Waals surface area contributed by atoms with E-state index in [-0.39, 0.29) is 5.91 Å². The van der Waals surface area contributed by atoms with E-state index in [2.05, 4.69) is 25.8 Å². The van der Waals surface area contributed by atoms with Gasteiger partial charge in [-0.2, -0.15) is 0 Å². The van der Waals surface area contributed by atoms with Crippen LogP contribution in [0.15, 0.2) is 18.3 Å². The summed E-state index contributed by atoms with van der Waals surface area (Å²) in [7, 11) is 0. The van der Waals surface area contributed by atoms with Crippen LogP contribution in [0.3, 0.4) is 0 Å². The van der Waals surface area contributed by atoms with E-state index in [4.69, 9.17) is 0 Å². The largest absolute Gasteiger partial charge is 0.370 e. The zero-order valence-electron chi connectivity index (χ0n) is 10.8. The van der Waals surface area contributed by atoms with Crippen LogP contribution in [0.25, 0.3) is 0 Å². The maximum atomic E-state index is 12.0. The SMILES string of the molecule is CCNc1cc(C(=O)Nc2nnc(CC)s2)ccn1. The van der Waals surface area contributed by atoms with Crippen LogP contribution in [0, 0.1) is 0 Å². The average molecular weight is 277 g/mol. The molecule has 19 heavy (non-hydrogen) atoms. The number of hydrogen-bond donors (Lipinski definition) is 2. The molecule has 0 aliphatic heterocycles. The Bertz CT molecular complexity index is 569. The fraction of sp³-hybridized carbons (Fsp3) is 0.333. The summed E-state index contributed by atoms with van der Waals surface area (Å²) in [4.78, 5) is 16.2. The van der Waals surface area contributed by atoms with Gasteiger partial charge in [-0.25, -0.2) is 4.98 Å². The number of nitrogens with zero attached hydrogens (tertiary/aromatic N) is 3. The molecule has 2 aromatic heterocycles. The Balaban J connectivity index is 2.08. The molecular formula is C12H15N5OS. The molecule has 6 nitrogen and oxygen atoms in total. The quantitative estimate of drug-likeness (QED) is 0.875. The van der Waals surface area contributed by atoms with Crippen molar-refractivity contribution in [1.29, 1.82) is 0 Å². The van der Waals surface area contributed by atoms with Crippen LogP contribution in [-0.4, -0.2) is 27.6 Å². The zero-order valence-corrected chi connectivity index (χ0v) is 11.6. The van der Waals surface area contributed by atoms with Crippen molar-refractivity contribution in [2.45, 2.75) is 20.3 Å². The molecule has 1 amide bonds. The van der Waals surface area contributed by atoms with Gasteiger partial charge in [0.25, 0.3) is 5.91 Å². The molecule has 2 heterocycles. The summed E-state index contributed by atoms with van der Waals surface area (Å²) in [5.41, 5.74) is 0.541. The van der Waals surface area contributed by atoms with Crippen LogP contribution in [-0.2, 0) is 6.42 Å². The van der Waals surface area contributed by atoms with Gasteiger partial charge in [0.2, 0.25) is 5.13 Å². The van der Waals surface area contributed by atoms with Crippen molar-refractivity contribution < 1.29 is 4.79 Å². The second-order valence-corrected chi connectivity index (χ2v) is 4.83. The number of aryl methyl sites for hydroxylation is 1. The van der Waals surface area contributed by atoms with E-state index >= 15 is 0 Å². The van der Waals surface area contributed by atoms with Gasteiger partial charge in [-0.1, -0.05) is 18.3 Å². The standard InChI is InChI=1S/C12H15N5OS/c1-3-10-16-17-12(19-10)15-11(18)8-5-6-14-9(7-8)13-4-2/h5-7H,3-4H2,1-2H3,(H,13,14)(H,15,17,18). The van der Waals surface area contributed by atoms with E-state index in [1.165, 1.54) is 11.3 Å². The number of carbonyl (C=O) groups excluding carboxylic acids is 1. The molecule has 0 bridgehead atoms. The van der Waals surface area contributed by atoms with Gasteiger partial charge in [-0.05, 0) is 25.5 Å². The van der Waals surface area contributed by atoms with E-state index in [0.717, 1.165) is 18.0 Å². The summed E-state index contributed by atoms with van der Waals surface area (Å²) < 4.78 is 0. The van der Waals surface area contributed by atoms with Crippen LogP contribution in [0.4, 0.5) is 10.9 Å². The first kappa shape index (κ1) is 13.4. The Labute approximate surface area is 115 Å². The fourth-order valence-electron chi connectivity index (χ4n) is 1.47. The first-order valence-corrected chi connectivity index (χ1v) is 6.88. The number of hydrogen-bond acceptors (Lipinski definition) is 6. The Kier molecular flexibility index (Phi) is 4.40. The lowest BCUT2D eigenvalue weighted by molar-refractivity contribution is 0.102. The van der Waals surface area contributed by atoms with Gasteiger partial charge in [0.05, 0.1) is 0 Å². The molecule has 0 radical (unpaired) electrons.